The van der Waals surface area contributed by atoms with Crippen molar-refractivity contribution >= 4 is 40.9 Å². The van der Waals surface area contributed by atoms with Crippen molar-refractivity contribution in [3.63, 3.8) is 0 Å². The van der Waals surface area contributed by atoms with Crippen molar-refractivity contribution < 1.29 is 9.59 Å². The van der Waals surface area contributed by atoms with Gasteiger partial charge in [-0.15, -0.1) is 0 Å². The molecular weight excluding hydrogens is 444 g/mol. The number of benzene rings is 2. The van der Waals surface area contributed by atoms with Crippen molar-refractivity contribution in [1.29, 1.82) is 0 Å². The van der Waals surface area contributed by atoms with Crippen molar-refractivity contribution in [2.75, 3.05) is 5.32 Å². The van der Waals surface area contributed by atoms with Gasteiger partial charge in [-0.05, 0) is 67.9 Å². The zero-order chi connectivity index (χ0) is 22.8. The number of rotatable bonds is 6. The number of carbonyl (C=O) groups excluding carboxylic acids is 2. The van der Waals surface area contributed by atoms with E-state index in [0.29, 0.717) is 15.9 Å². The molecular formula is C24H21ClN4O2S. The number of thioether (sulfide) groups is 1. The number of anilines is 1. The maximum absolute atomic E-state index is 13.3. The van der Waals surface area contributed by atoms with Gasteiger partial charge in [-0.3, -0.25) is 14.5 Å². The van der Waals surface area contributed by atoms with E-state index in [1.165, 1.54) is 4.90 Å². The van der Waals surface area contributed by atoms with Crippen LogP contribution in [0.4, 0.5) is 5.69 Å². The van der Waals surface area contributed by atoms with Crippen LogP contribution in [0, 0.1) is 20.8 Å². The van der Waals surface area contributed by atoms with Gasteiger partial charge in [0, 0.05) is 22.1 Å². The zero-order valence-corrected chi connectivity index (χ0v) is 19.4. The van der Waals surface area contributed by atoms with Crippen molar-refractivity contribution in [3.8, 4) is 0 Å². The van der Waals surface area contributed by atoms with Gasteiger partial charge in [-0.1, -0.05) is 41.9 Å². The fourth-order valence-corrected chi connectivity index (χ4v) is 4.63. The highest BCUT2D eigenvalue weighted by Gasteiger charge is 2.39. The molecule has 0 saturated heterocycles. The first-order valence-corrected chi connectivity index (χ1v) is 11.2. The first-order chi connectivity index (χ1) is 15.3. The number of aryl methyl sites for hydroxylation is 3. The maximum Gasteiger partial charge on any atom is 0.278 e. The average molecular weight is 465 g/mol. The summed E-state index contributed by atoms with van der Waals surface area (Å²) in [4.78, 5) is 37.1. The third-order valence-electron chi connectivity index (χ3n) is 4.91. The topological polar surface area (TPSA) is 75.2 Å². The zero-order valence-electron chi connectivity index (χ0n) is 17.8. The molecule has 2 heterocycles. The molecule has 4 rings (SSSR count). The summed E-state index contributed by atoms with van der Waals surface area (Å²) in [7, 11) is 0. The van der Waals surface area contributed by atoms with E-state index in [0.717, 1.165) is 34.3 Å². The molecule has 162 valence electrons. The van der Waals surface area contributed by atoms with E-state index in [1.54, 1.807) is 18.2 Å². The highest BCUT2D eigenvalue weighted by atomic mass is 35.5. The van der Waals surface area contributed by atoms with Gasteiger partial charge in [0.1, 0.15) is 10.6 Å². The number of amides is 2. The van der Waals surface area contributed by atoms with E-state index >= 15 is 0 Å². The number of halogens is 1. The number of carbonyl (C=O) groups is 2. The van der Waals surface area contributed by atoms with Gasteiger partial charge < -0.3 is 5.32 Å². The molecule has 0 aliphatic carbocycles. The molecule has 8 heteroatoms. The van der Waals surface area contributed by atoms with E-state index in [1.807, 2.05) is 57.2 Å². The van der Waals surface area contributed by atoms with Crippen molar-refractivity contribution in [3.05, 3.63) is 92.7 Å². The Morgan fingerprint density at radius 1 is 0.938 bits per heavy atom. The predicted octanol–water partition coefficient (Wildman–Crippen LogP) is 5.04. The number of aromatic nitrogens is 2. The summed E-state index contributed by atoms with van der Waals surface area (Å²) in [6.45, 7) is 5.80. The number of hydrogen-bond acceptors (Lipinski definition) is 6. The second kappa shape index (κ2) is 9.14. The standard InChI is InChI=1S/C24H21ClN4O2S/c1-14-11-18(25)9-10-19(14)28-20-21(32-24-26-15(2)12-16(3)27-24)23(31)29(22(20)30)13-17-7-5-4-6-8-17/h4-12,28H,13H2,1-3H3. The summed E-state index contributed by atoms with van der Waals surface area (Å²) >= 11 is 7.17. The van der Waals surface area contributed by atoms with Crippen molar-refractivity contribution in [1.82, 2.24) is 14.9 Å². The molecule has 2 amide bonds. The lowest BCUT2D eigenvalue weighted by Gasteiger charge is -2.15. The number of nitrogens with one attached hydrogen (secondary N) is 1. The Morgan fingerprint density at radius 2 is 1.62 bits per heavy atom. The third kappa shape index (κ3) is 4.69. The van der Waals surface area contributed by atoms with Crippen LogP contribution in [0.3, 0.4) is 0 Å². The van der Waals surface area contributed by atoms with Crippen LogP contribution in [-0.2, 0) is 16.1 Å². The molecule has 6 nitrogen and oxygen atoms in total. The molecule has 0 spiro atoms. The Labute approximate surface area is 195 Å². The highest BCUT2D eigenvalue weighted by Crippen LogP contribution is 2.36. The first kappa shape index (κ1) is 22.0. The summed E-state index contributed by atoms with van der Waals surface area (Å²) in [6, 6.07) is 16.6. The van der Waals surface area contributed by atoms with E-state index < -0.39 is 0 Å². The summed E-state index contributed by atoms with van der Waals surface area (Å²) in [5, 5.41) is 4.18. The lowest BCUT2D eigenvalue weighted by molar-refractivity contribution is -0.137. The van der Waals surface area contributed by atoms with Gasteiger partial charge >= 0.3 is 0 Å². The number of hydrogen-bond donors (Lipinski definition) is 1. The van der Waals surface area contributed by atoms with Crippen LogP contribution < -0.4 is 5.32 Å². The molecule has 1 N–H and O–H groups in total. The lowest BCUT2D eigenvalue weighted by Crippen LogP contribution is -2.32. The van der Waals surface area contributed by atoms with E-state index in [4.69, 9.17) is 11.6 Å². The Bertz CT molecular complexity index is 1220. The monoisotopic (exact) mass is 464 g/mol. The molecule has 0 radical (unpaired) electrons. The molecule has 0 bridgehead atoms. The molecule has 0 unspecified atom stereocenters. The fraction of sp³-hybridized carbons (Fsp3) is 0.167. The predicted molar refractivity (Wildman–Crippen MR) is 126 cm³/mol. The van der Waals surface area contributed by atoms with Crippen LogP contribution >= 0.6 is 23.4 Å². The number of imide groups is 1. The summed E-state index contributed by atoms with van der Waals surface area (Å²) in [5.74, 6) is -0.763. The minimum atomic E-state index is -0.389. The Kier molecular flexibility index (Phi) is 6.30. The minimum Gasteiger partial charge on any atom is -0.350 e. The number of nitrogens with zero attached hydrogens (tertiary/aromatic N) is 3. The van der Waals surface area contributed by atoms with Crippen LogP contribution in [0.25, 0.3) is 0 Å². The molecule has 1 aromatic heterocycles. The Hall–Kier alpha value is -3.16. The van der Waals surface area contributed by atoms with Gasteiger partial charge in [0.05, 0.1) is 6.54 Å². The molecule has 0 atom stereocenters. The molecule has 32 heavy (non-hydrogen) atoms. The molecule has 1 aliphatic heterocycles. The fourth-order valence-electron chi connectivity index (χ4n) is 3.40. The Balaban J connectivity index is 1.72. The maximum atomic E-state index is 13.3. The molecule has 3 aromatic rings. The minimum absolute atomic E-state index is 0.182. The van der Waals surface area contributed by atoms with Crippen LogP contribution in [-0.4, -0.2) is 26.7 Å². The normalized spacial score (nSPS) is 13.8. The summed E-state index contributed by atoms with van der Waals surface area (Å²) < 4.78 is 0. The highest BCUT2D eigenvalue weighted by molar-refractivity contribution is 8.04. The van der Waals surface area contributed by atoms with E-state index in [-0.39, 0.29) is 29.0 Å². The van der Waals surface area contributed by atoms with E-state index in [9.17, 15) is 9.59 Å². The second-order valence-electron chi connectivity index (χ2n) is 7.51. The summed E-state index contributed by atoms with van der Waals surface area (Å²) in [5.41, 5.74) is 4.22. The van der Waals surface area contributed by atoms with Gasteiger partial charge in [0.2, 0.25) is 0 Å². The quantitative estimate of drug-likeness (QED) is 0.407. The van der Waals surface area contributed by atoms with Crippen LogP contribution in [0.2, 0.25) is 5.02 Å². The van der Waals surface area contributed by atoms with Crippen molar-refractivity contribution in [2.24, 2.45) is 0 Å². The van der Waals surface area contributed by atoms with Crippen molar-refractivity contribution in [2.45, 2.75) is 32.5 Å². The van der Waals surface area contributed by atoms with Gasteiger partial charge in [0.25, 0.3) is 11.8 Å². The molecule has 0 fully saturated rings. The van der Waals surface area contributed by atoms with Crippen LogP contribution in [0.1, 0.15) is 22.5 Å². The second-order valence-corrected chi connectivity index (χ2v) is 8.92. The SMILES string of the molecule is Cc1cc(C)nc(SC2=C(Nc3ccc(Cl)cc3C)C(=O)N(Cc3ccccc3)C2=O)n1. The Morgan fingerprint density at radius 3 is 2.28 bits per heavy atom. The molecule has 0 saturated carbocycles. The first-order valence-electron chi connectivity index (χ1n) is 9.99. The van der Waals surface area contributed by atoms with Crippen LogP contribution in [0.15, 0.2) is 70.4 Å². The van der Waals surface area contributed by atoms with Crippen LogP contribution in [0.5, 0.6) is 0 Å². The lowest BCUT2D eigenvalue weighted by atomic mass is 10.2. The summed E-state index contributed by atoms with van der Waals surface area (Å²) in [6.07, 6.45) is 0. The van der Waals surface area contributed by atoms with Gasteiger partial charge in [-0.25, -0.2) is 9.97 Å². The van der Waals surface area contributed by atoms with E-state index in [2.05, 4.69) is 15.3 Å². The van der Waals surface area contributed by atoms with Gasteiger partial charge in [0.15, 0.2) is 5.16 Å². The van der Waals surface area contributed by atoms with Gasteiger partial charge in [-0.2, -0.15) is 0 Å². The smallest absolute Gasteiger partial charge is 0.278 e. The largest absolute Gasteiger partial charge is 0.350 e. The average Bonchev–Trinajstić information content (AvgIpc) is 2.94. The molecule has 1 aliphatic rings. The third-order valence-corrected chi connectivity index (χ3v) is 6.10. The molecule has 2 aromatic carbocycles.